The average molecular weight is 583 g/mol. The minimum Gasteiger partial charge on any atom is -0.479 e. The van der Waals surface area contributed by atoms with Gasteiger partial charge in [0.1, 0.15) is 0 Å². The van der Waals surface area contributed by atoms with E-state index in [1.165, 1.54) is 44.9 Å². The Morgan fingerprint density at radius 2 is 0.976 bits per heavy atom. The van der Waals surface area contributed by atoms with Gasteiger partial charge in [-0.2, -0.15) is 0 Å². The van der Waals surface area contributed by atoms with Crippen molar-refractivity contribution in [2.24, 2.45) is 0 Å². The Labute approximate surface area is 258 Å². The zero-order valence-corrected chi connectivity index (χ0v) is 27.0. The summed E-state index contributed by atoms with van der Waals surface area (Å²) >= 11 is 0. The van der Waals surface area contributed by atoms with Crippen molar-refractivity contribution in [2.75, 3.05) is 0 Å². The van der Waals surface area contributed by atoms with Crippen molar-refractivity contribution in [1.29, 1.82) is 0 Å². The van der Waals surface area contributed by atoms with Gasteiger partial charge in [-0.05, 0) is 70.6 Å². The van der Waals surface area contributed by atoms with Crippen LogP contribution in [-0.2, 0) is 14.3 Å². The fourth-order valence-corrected chi connectivity index (χ4v) is 4.44. The summed E-state index contributed by atoms with van der Waals surface area (Å²) in [6.07, 6.45) is 46.4. The molecule has 0 aliphatic rings. The Hall–Kier alpha value is -2.62. The molecule has 238 valence electrons. The monoisotopic (exact) mass is 582 g/mol. The fraction of sp³-hybridized carbons (Fsp3) is 0.632. The first-order valence-electron chi connectivity index (χ1n) is 16.9. The van der Waals surface area contributed by atoms with E-state index in [0.717, 1.165) is 77.0 Å². The van der Waals surface area contributed by atoms with E-state index >= 15 is 0 Å². The maximum Gasteiger partial charge on any atom is 0.345 e. The minimum absolute atomic E-state index is 0.282. The van der Waals surface area contributed by atoms with Crippen molar-refractivity contribution in [1.82, 2.24) is 0 Å². The second kappa shape index (κ2) is 32.9. The first-order valence-corrected chi connectivity index (χ1v) is 16.9. The molecule has 0 heterocycles. The average Bonchev–Trinajstić information content (AvgIpc) is 2.98. The van der Waals surface area contributed by atoms with Gasteiger partial charge in [-0.25, -0.2) is 4.79 Å². The fourth-order valence-electron chi connectivity index (χ4n) is 4.44. The number of aliphatic carboxylic acids is 1. The van der Waals surface area contributed by atoms with Gasteiger partial charge in [-0.1, -0.05) is 145 Å². The number of rotatable bonds is 29. The van der Waals surface area contributed by atoms with Gasteiger partial charge >= 0.3 is 11.9 Å². The quantitative estimate of drug-likeness (QED) is 0.0541. The highest BCUT2D eigenvalue weighted by atomic mass is 16.6. The summed E-state index contributed by atoms with van der Waals surface area (Å²) in [7, 11) is 0. The molecule has 42 heavy (non-hydrogen) atoms. The van der Waals surface area contributed by atoms with Crippen LogP contribution in [0.1, 0.15) is 149 Å². The number of hydrogen-bond donors (Lipinski definition) is 1. The molecule has 4 nitrogen and oxygen atoms in total. The lowest BCUT2D eigenvalue weighted by Gasteiger charge is -2.13. The molecule has 0 aromatic rings. The third kappa shape index (κ3) is 30.3. The lowest BCUT2D eigenvalue weighted by atomic mass is 10.0. The number of allylic oxidation sites excluding steroid dienone is 12. The van der Waals surface area contributed by atoms with E-state index in [0.29, 0.717) is 6.42 Å². The van der Waals surface area contributed by atoms with Crippen LogP contribution in [0, 0.1) is 0 Å². The maximum absolute atomic E-state index is 12.1. The molecule has 0 aliphatic heterocycles. The summed E-state index contributed by atoms with van der Waals surface area (Å²) in [6.45, 7) is 4.38. The van der Waals surface area contributed by atoms with Crippen LogP contribution in [0.25, 0.3) is 0 Å². The maximum atomic E-state index is 12.1. The number of unbranched alkanes of at least 4 members (excludes halogenated alkanes) is 11. The molecular weight excluding hydrogens is 520 g/mol. The van der Waals surface area contributed by atoms with E-state index in [1.54, 1.807) is 0 Å². The molecule has 0 saturated heterocycles. The minimum atomic E-state index is -1.03. The van der Waals surface area contributed by atoms with Crippen LogP contribution < -0.4 is 0 Å². The second-order valence-corrected chi connectivity index (χ2v) is 10.9. The molecule has 0 amide bonds. The topological polar surface area (TPSA) is 63.6 Å². The summed E-state index contributed by atoms with van der Waals surface area (Å²) in [5.74, 6) is -1.42. The molecule has 0 rings (SSSR count). The molecular formula is C38H62O4. The highest BCUT2D eigenvalue weighted by Gasteiger charge is 2.21. The predicted molar refractivity (Wildman–Crippen MR) is 181 cm³/mol. The van der Waals surface area contributed by atoms with E-state index < -0.39 is 18.0 Å². The molecule has 1 atom stereocenters. The van der Waals surface area contributed by atoms with Crippen LogP contribution >= 0.6 is 0 Å². The van der Waals surface area contributed by atoms with Crippen LogP contribution in [0.15, 0.2) is 72.9 Å². The van der Waals surface area contributed by atoms with Gasteiger partial charge in [0.15, 0.2) is 6.10 Å². The molecule has 0 bridgehead atoms. The Balaban J connectivity index is 3.75. The lowest BCUT2D eigenvalue weighted by Crippen LogP contribution is -2.27. The van der Waals surface area contributed by atoms with E-state index in [4.69, 9.17) is 4.74 Å². The Bertz CT molecular complexity index is 800. The zero-order valence-electron chi connectivity index (χ0n) is 27.0. The van der Waals surface area contributed by atoms with Gasteiger partial charge < -0.3 is 9.84 Å². The molecule has 0 spiro atoms. The number of carboxylic acid groups (broad SMARTS) is 1. The molecule has 1 N–H and O–H groups in total. The first kappa shape index (κ1) is 39.4. The predicted octanol–water partition coefficient (Wildman–Crippen LogP) is 11.6. The highest BCUT2D eigenvalue weighted by molar-refractivity contribution is 5.77. The molecule has 0 aromatic heterocycles. The SMILES string of the molecule is CC/C=C\C/C=C\C/C=C\C/C=C\C/C=C\C/C=C\CCCCC(=O)OC(CCCCCCCCCCCC)C(=O)O. The number of carbonyl (C=O) groups is 2. The third-order valence-corrected chi connectivity index (χ3v) is 6.97. The summed E-state index contributed by atoms with van der Waals surface area (Å²) < 4.78 is 5.26. The number of hydrogen-bond acceptors (Lipinski definition) is 3. The number of esters is 1. The lowest BCUT2D eigenvalue weighted by molar-refractivity contribution is -0.164. The molecule has 0 radical (unpaired) electrons. The van der Waals surface area contributed by atoms with Crippen LogP contribution in [0.2, 0.25) is 0 Å². The van der Waals surface area contributed by atoms with Gasteiger partial charge in [-0.3, -0.25) is 4.79 Å². The van der Waals surface area contributed by atoms with Gasteiger partial charge in [0.2, 0.25) is 0 Å². The largest absolute Gasteiger partial charge is 0.479 e. The van der Waals surface area contributed by atoms with Gasteiger partial charge in [0.25, 0.3) is 0 Å². The van der Waals surface area contributed by atoms with Crippen LogP contribution in [0.3, 0.4) is 0 Å². The van der Waals surface area contributed by atoms with Crippen LogP contribution in [0.5, 0.6) is 0 Å². The van der Waals surface area contributed by atoms with Crippen LogP contribution in [-0.4, -0.2) is 23.1 Å². The summed E-state index contributed by atoms with van der Waals surface area (Å²) in [4.78, 5) is 23.6. The number of ether oxygens (including phenoxy) is 1. The van der Waals surface area contributed by atoms with E-state index in [2.05, 4.69) is 86.8 Å². The van der Waals surface area contributed by atoms with Crippen molar-refractivity contribution in [2.45, 2.75) is 155 Å². The molecule has 0 aromatic carbocycles. The standard InChI is InChI=1S/C38H62O4/c1-3-5-7-9-11-13-15-16-17-18-19-20-21-22-23-24-25-27-29-31-33-35-37(39)42-36(38(40)41)34-32-30-28-26-14-12-10-8-6-4-2/h5,7,11,13,16-17,19-20,22-23,25,27,36H,3-4,6,8-10,12,14-15,18,21,24,26,28-35H2,1-2H3,(H,40,41)/b7-5-,13-11-,17-16-,20-19-,23-22-,27-25-. The first-order chi connectivity index (χ1) is 20.6. The highest BCUT2D eigenvalue weighted by Crippen LogP contribution is 2.14. The molecule has 0 fully saturated rings. The van der Waals surface area contributed by atoms with Crippen molar-refractivity contribution in [3.8, 4) is 0 Å². The third-order valence-electron chi connectivity index (χ3n) is 6.97. The Morgan fingerprint density at radius 1 is 0.548 bits per heavy atom. The van der Waals surface area contributed by atoms with E-state index in [9.17, 15) is 14.7 Å². The molecule has 0 saturated carbocycles. The van der Waals surface area contributed by atoms with E-state index in [-0.39, 0.29) is 6.42 Å². The van der Waals surface area contributed by atoms with Gasteiger partial charge in [-0.15, -0.1) is 0 Å². The normalized spacial score (nSPS) is 13.2. The summed E-state index contributed by atoms with van der Waals surface area (Å²) in [5.41, 5.74) is 0. The Kier molecular flexibility index (Phi) is 30.8. The molecule has 4 heteroatoms. The molecule has 1 unspecified atom stereocenters. The number of carboxylic acids is 1. The summed E-state index contributed by atoms with van der Waals surface area (Å²) in [5, 5.41) is 9.41. The van der Waals surface area contributed by atoms with Crippen molar-refractivity contribution < 1.29 is 19.4 Å². The summed E-state index contributed by atoms with van der Waals surface area (Å²) in [6, 6.07) is 0. The van der Waals surface area contributed by atoms with Crippen molar-refractivity contribution in [3.05, 3.63) is 72.9 Å². The van der Waals surface area contributed by atoms with E-state index in [1.807, 2.05) is 0 Å². The zero-order chi connectivity index (χ0) is 30.8. The van der Waals surface area contributed by atoms with Gasteiger partial charge in [0, 0.05) is 6.42 Å². The number of carbonyl (C=O) groups excluding carboxylic acids is 1. The second-order valence-electron chi connectivity index (χ2n) is 10.9. The van der Waals surface area contributed by atoms with Gasteiger partial charge in [0.05, 0.1) is 0 Å². The van der Waals surface area contributed by atoms with Crippen molar-refractivity contribution in [3.63, 3.8) is 0 Å². The van der Waals surface area contributed by atoms with Crippen LogP contribution in [0.4, 0.5) is 0 Å². The molecule has 0 aliphatic carbocycles. The van der Waals surface area contributed by atoms with Crippen molar-refractivity contribution >= 4 is 11.9 Å². The Morgan fingerprint density at radius 3 is 1.43 bits per heavy atom. The smallest absolute Gasteiger partial charge is 0.345 e.